The molecular formula is C20H20N4O3. The third-order valence-electron chi connectivity index (χ3n) is 3.77. The molecule has 27 heavy (non-hydrogen) atoms. The Morgan fingerprint density at radius 2 is 1.81 bits per heavy atom. The first kappa shape index (κ1) is 18.3. The van der Waals surface area contributed by atoms with Crippen LogP contribution < -0.4 is 10.6 Å². The SMILES string of the molecule is COC(=O)c1ccc(Nc2cc(-c3ccccc3)nc(NCCO)n2)cc1. The molecule has 0 spiro atoms. The highest BCUT2D eigenvalue weighted by Crippen LogP contribution is 2.23. The van der Waals surface area contributed by atoms with Gasteiger partial charge in [-0.3, -0.25) is 0 Å². The van der Waals surface area contributed by atoms with E-state index in [0.29, 0.717) is 23.9 Å². The molecule has 2 aromatic carbocycles. The normalized spacial score (nSPS) is 10.3. The molecule has 0 aliphatic carbocycles. The molecule has 3 rings (SSSR count). The van der Waals surface area contributed by atoms with Crippen molar-refractivity contribution in [1.29, 1.82) is 0 Å². The summed E-state index contributed by atoms with van der Waals surface area (Å²) in [5, 5.41) is 15.2. The van der Waals surface area contributed by atoms with E-state index < -0.39 is 0 Å². The van der Waals surface area contributed by atoms with Crippen molar-refractivity contribution in [3.63, 3.8) is 0 Å². The Morgan fingerprint density at radius 1 is 1.07 bits per heavy atom. The maximum atomic E-state index is 11.5. The second-order valence-electron chi connectivity index (χ2n) is 5.67. The van der Waals surface area contributed by atoms with Gasteiger partial charge in [0.05, 0.1) is 25.0 Å². The predicted molar refractivity (Wildman–Crippen MR) is 104 cm³/mol. The van der Waals surface area contributed by atoms with Gasteiger partial charge >= 0.3 is 5.97 Å². The number of anilines is 3. The zero-order valence-corrected chi connectivity index (χ0v) is 14.8. The number of carbonyl (C=O) groups excluding carboxylic acids is 1. The van der Waals surface area contributed by atoms with Gasteiger partial charge in [0.15, 0.2) is 0 Å². The number of esters is 1. The van der Waals surface area contributed by atoms with E-state index in [2.05, 4.69) is 20.6 Å². The van der Waals surface area contributed by atoms with Gasteiger partial charge < -0.3 is 20.5 Å². The van der Waals surface area contributed by atoms with E-state index in [-0.39, 0.29) is 12.6 Å². The number of nitrogens with zero attached hydrogens (tertiary/aromatic N) is 2. The van der Waals surface area contributed by atoms with Crippen molar-refractivity contribution < 1.29 is 14.6 Å². The molecule has 0 fully saturated rings. The summed E-state index contributed by atoms with van der Waals surface area (Å²) in [4.78, 5) is 20.5. The van der Waals surface area contributed by atoms with Crippen LogP contribution in [0.1, 0.15) is 10.4 Å². The molecule has 0 saturated carbocycles. The van der Waals surface area contributed by atoms with Crippen LogP contribution in [0.3, 0.4) is 0 Å². The van der Waals surface area contributed by atoms with Crippen LogP contribution in [-0.2, 0) is 4.74 Å². The minimum absolute atomic E-state index is 0.0172. The summed E-state index contributed by atoms with van der Waals surface area (Å²) < 4.78 is 4.70. The number of hydrogen-bond donors (Lipinski definition) is 3. The highest BCUT2D eigenvalue weighted by atomic mass is 16.5. The molecule has 7 heteroatoms. The second kappa shape index (κ2) is 8.77. The third kappa shape index (κ3) is 4.80. The van der Waals surface area contributed by atoms with Gasteiger partial charge in [0.1, 0.15) is 5.82 Å². The van der Waals surface area contributed by atoms with Crippen molar-refractivity contribution in [2.45, 2.75) is 0 Å². The van der Waals surface area contributed by atoms with Gasteiger partial charge in [-0.05, 0) is 24.3 Å². The van der Waals surface area contributed by atoms with Crippen molar-refractivity contribution >= 4 is 23.4 Å². The molecule has 0 bridgehead atoms. The molecule has 3 N–H and O–H groups in total. The average Bonchev–Trinajstić information content (AvgIpc) is 2.72. The van der Waals surface area contributed by atoms with Gasteiger partial charge in [0.2, 0.25) is 5.95 Å². The molecular weight excluding hydrogens is 344 g/mol. The highest BCUT2D eigenvalue weighted by Gasteiger charge is 2.08. The fourth-order valence-electron chi connectivity index (χ4n) is 2.47. The van der Waals surface area contributed by atoms with Crippen LogP contribution >= 0.6 is 0 Å². The fourth-order valence-corrected chi connectivity index (χ4v) is 2.47. The Bertz CT molecular complexity index is 899. The number of hydrogen-bond acceptors (Lipinski definition) is 7. The number of benzene rings is 2. The van der Waals surface area contributed by atoms with Crippen molar-refractivity contribution in [3.8, 4) is 11.3 Å². The Balaban J connectivity index is 1.88. The maximum absolute atomic E-state index is 11.5. The smallest absolute Gasteiger partial charge is 0.337 e. The highest BCUT2D eigenvalue weighted by molar-refractivity contribution is 5.89. The van der Waals surface area contributed by atoms with Gasteiger partial charge in [-0.2, -0.15) is 4.98 Å². The van der Waals surface area contributed by atoms with Crippen LogP contribution in [0.2, 0.25) is 0 Å². The molecule has 0 aliphatic rings. The van der Waals surface area contributed by atoms with Crippen LogP contribution in [0, 0.1) is 0 Å². The van der Waals surface area contributed by atoms with Crippen molar-refractivity contribution in [1.82, 2.24) is 9.97 Å². The van der Waals surface area contributed by atoms with Crippen LogP contribution in [-0.4, -0.2) is 41.3 Å². The summed E-state index contributed by atoms with van der Waals surface area (Å²) in [5.41, 5.74) is 2.95. The number of carbonyl (C=O) groups is 1. The molecule has 0 radical (unpaired) electrons. The van der Waals surface area contributed by atoms with Crippen LogP contribution in [0.5, 0.6) is 0 Å². The van der Waals surface area contributed by atoms with E-state index in [9.17, 15) is 4.79 Å². The van der Waals surface area contributed by atoms with E-state index in [1.807, 2.05) is 36.4 Å². The minimum Gasteiger partial charge on any atom is -0.465 e. The number of ether oxygens (including phenoxy) is 1. The molecule has 0 unspecified atom stereocenters. The third-order valence-corrected chi connectivity index (χ3v) is 3.77. The lowest BCUT2D eigenvalue weighted by Gasteiger charge is -2.11. The van der Waals surface area contributed by atoms with Crippen molar-refractivity contribution in [2.75, 3.05) is 30.9 Å². The Hall–Kier alpha value is -3.45. The summed E-state index contributed by atoms with van der Waals surface area (Å²) in [6, 6.07) is 18.5. The minimum atomic E-state index is -0.384. The molecule has 1 heterocycles. The summed E-state index contributed by atoms with van der Waals surface area (Å²) in [7, 11) is 1.35. The predicted octanol–water partition coefficient (Wildman–Crippen LogP) is 3.08. The van der Waals surface area contributed by atoms with E-state index in [1.54, 1.807) is 24.3 Å². The monoisotopic (exact) mass is 364 g/mol. The van der Waals surface area contributed by atoms with E-state index >= 15 is 0 Å². The Labute approximate surface area is 157 Å². The molecule has 0 aliphatic heterocycles. The second-order valence-corrected chi connectivity index (χ2v) is 5.67. The lowest BCUT2D eigenvalue weighted by molar-refractivity contribution is 0.0601. The largest absolute Gasteiger partial charge is 0.465 e. The van der Waals surface area contributed by atoms with Gasteiger partial charge in [-0.1, -0.05) is 30.3 Å². The molecule has 3 aromatic rings. The molecule has 0 saturated heterocycles. The maximum Gasteiger partial charge on any atom is 0.337 e. The fraction of sp³-hybridized carbons (Fsp3) is 0.150. The zero-order chi connectivity index (χ0) is 19.1. The van der Waals surface area contributed by atoms with E-state index in [0.717, 1.165) is 16.9 Å². The van der Waals surface area contributed by atoms with Crippen LogP contribution in [0.15, 0.2) is 60.7 Å². The first-order valence-electron chi connectivity index (χ1n) is 8.44. The number of aliphatic hydroxyl groups is 1. The van der Waals surface area contributed by atoms with Crippen LogP contribution in [0.4, 0.5) is 17.5 Å². The summed E-state index contributed by atoms with van der Waals surface area (Å²) >= 11 is 0. The van der Waals surface area contributed by atoms with Crippen molar-refractivity contribution in [2.24, 2.45) is 0 Å². The summed E-state index contributed by atoms with van der Waals surface area (Å²) in [5.74, 6) is 0.625. The van der Waals surface area contributed by atoms with Gasteiger partial charge in [0.25, 0.3) is 0 Å². The summed E-state index contributed by atoms with van der Waals surface area (Å²) in [6.07, 6.45) is 0. The quantitative estimate of drug-likeness (QED) is 0.554. The molecule has 138 valence electrons. The molecule has 7 nitrogen and oxygen atoms in total. The molecule has 0 atom stereocenters. The molecule has 0 amide bonds. The topological polar surface area (TPSA) is 96.4 Å². The number of methoxy groups -OCH3 is 1. The van der Waals surface area contributed by atoms with Gasteiger partial charge in [0, 0.05) is 23.9 Å². The summed E-state index contributed by atoms with van der Waals surface area (Å²) in [6.45, 7) is 0.336. The van der Waals surface area contributed by atoms with Crippen LogP contribution in [0.25, 0.3) is 11.3 Å². The standard InChI is InChI=1S/C20H20N4O3/c1-27-19(26)15-7-9-16(10-8-15)22-18-13-17(14-5-3-2-4-6-14)23-20(24-18)21-11-12-25/h2-10,13,25H,11-12H2,1H3,(H2,21,22,23,24). The number of rotatable bonds is 7. The molecule has 1 aromatic heterocycles. The Kier molecular flexibility index (Phi) is 5.96. The lowest BCUT2D eigenvalue weighted by Crippen LogP contribution is -2.10. The lowest BCUT2D eigenvalue weighted by atomic mass is 10.1. The van der Waals surface area contributed by atoms with Gasteiger partial charge in [-0.25, -0.2) is 9.78 Å². The first-order chi connectivity index (χ1) is 13.2. The van der Waals surface area contributed by atoms with Crippen molar-refractivity contribution in [3.05, 3.63) is 66.2 Å². The number of aliphatic hydroxyl groups excluding tert-OH is 1. The first-order valence-corrected chi connectivity index (χ1v) is 8.44. The Morgan fingerprint density at radius 3 is 2.48 bits per heavy atom. The number of nitrogens with one attached hydrogen (secondary N) is 2. The van der Waals surface area contributed by atoms with Gasteiger partial charge in [-0.15, -0.1) is 0 Å². The zero-order valence-electron chi connectivity index (χ0n) is 14.8. The van der Waals surface area contributed by atoms with E-state index in [4.69, 9.17) is 9.84 Å². The number of aromatic nitrogens is 2. The average molecular weight is 364 g/mol. The van der Waals surface area contributed by atoms with E-state index in [1.165, 1.54) is 7.11 Å².